The first kappa shape index (κ1) is 18.0. The van der Waals surface area contributed by atoms with Crippen molar-refractivity contribution in [3.8, 4) is 11.1 Å². The van der Waals surface area contributed by atoms with Gasteiger partial charge in [0.1, 0.15) is 5.76 Å². The van der Waals surface area contributed by atoms with E-state index in [4.69, 9.17) is 16.3 Å². The van der Waals surface area contributed by atoms with Gasteiger partial charge in [-0.15, -0.1) is 0 Å². The fourth-order valence-corrected chi connectivity index (χ4v) is 2.98. The molecule has 6 heteroatoms. The van der Waals surface area contributed by atoms with Crippen LogP contribution in [0.4, 0.5) is 4.79 Å². The second kappa shape index (κ2) is 7.22. The van der Waals surface area contributed by atoms with Crippen molar-refractivity contribution in [1.82, 2.24) is 10.2 Å². The minimum absolute atomic E-state index is 0.279. The molecule has 26 heavy (non-hydrogen) atoms. The summed E-state index contributed by atoms with van der Waals surface area (Å²) in [6, 6.07) is 14.8. The normalized spacial score (nSPS) is 16.5. The highest BCUT2D eigenvalue weighted by Gasteiger charge is 2.34. The summed E-state index contributed by atoms with van der Waals surface area (Å²) in [7, 11) is 3.17. The van der Waals surface area contributed by atoms with Crippen molar-refractivity contribution >= 4 is 29.2 Å². The Hall–Kier alpha value is -2.79. The highest BCUT2D eigenvalue weighted by Crippen LogP contribution is 2.35. The van der Waals surface area contributed by atoms with Crippen LogP contribution in [0.25, 0.3) is 16.7 Å². The Labute approximate surface area is 157 Å². The number of carbonyl (C=O) groups is 2. The number of benzene rings is 2. The van der Waals surface area contributed by atoms with Gasteiger partial charge in [0.05, 0.1) is 11.6 Å². The summed E-state index contributed by atoms with van der Waals surface area (Å²) in [5.74, 6) is -0.0352. The van der Waals surface area contributed by atoms with E-state index in [-0.39, 0.29) is 17.2 Å². The third-order valence-electron chi connectivity index (χ3n) is 4.12. The molecular weight excluding hydrogens is 352 g/mol. The molecule has 1 heterocycles. The average Bonchev–Trinajstić information content (AvgIpc) is 2.89. The molecule has 1 atom stereocenters. The molecule has 3 rings (SSSR count). The Morgan fingerprint density at radius 2 is 1.81 bits per heavy atom. The zero-order valence-electron chi connectivity index (χ0n) is 14.7. The summed E-state index contributed by atoms with van der Waals surface area (Å²) in [5, 5.41) is 3.20. The number of carbonyl (C=O) groups excluding carboxylic acids is 2. The molecule has 0 bridgehead atoms. The van der Waals surface area contributed by atoms with E-state index in [0.717, 1.165) is 11.1 Å². The van der Waals surface area contributed by atoms with E-state index >= 15 is 0 Å². The quantitative estimate of drug-likeness (QED) is 0.890. The molecule has 0 saturated carbocycles. The molecule has 1 N–H and O–H groups in total. The minimum atomic E-state index is -0.545. The molecule has 0 spiro atoms. The van der Waals surface area contributed by atoms with E-state index in [1.54, 1.807) is 27.1 Å². The number of ether oxygens (including phenoxy) is 1. The van der Waals surface area contributed by atoms with Crippen molar-refractivity contribution in [3.05, 3.63) is 64.9 Å². The molecule has 1 unspecified atom stereocenters. The standard InChI is InChI=1S/C20H19ClN2O3/c1-12-18(26-20(25)23(2)3)17(19(24)22-12)15-11-14(9-10-16(15)21)13-7-5-4-6-8-13/h4-12H,1-3H3,(H,22,24). The second-order valence-corrected chi connectivity index (χ2v) is 6.66. The fourth-order valence-electron chi connectivity index (χ4n) is 2.77. The van der Waals surface area contributed by atoms with Gasteiger partial charge < -0.3 is 15.0 Å². The van der Waals surface area contributed by atoms with Crippen LogP contribution in [-0.4, -0.2) is 37.0 Å². The zero-order chi connectivity index (χ0) is 18.8. The number of nitrogens with zero attached hydrogens (tertiary/aromatic N) is 1. The van der Waals surface area contributed by atoms with Gasteiger partial charge in [-0.25, -0.2) is 4.79 Å². The predicted molar refractivity (Wildman–Crippen MR) is 102 cm³/mol. The van der Waals surface area contributed by atoms with Crippen LogP contribution in [0.3, 0.4) is 0 Å². The van der Waals surface area contributed by atoms with Gasteiger partial charge in [-0.3, -0.25) is 4.79 Å². The lowest BCUT2D eigenvalue weighted by Crippen LogP contribution is -2.29. The van der Waals surface area contributed by atoms with Crippen LogP contribution in [0.2, 0.25) is 5.02 Å². The largest absolute Gasteiger partial charge is 0.414 e. The van der Waals surface area contributed by atoms with Gasteiger partial charge in [-0.05, 0) is 30.2 Å². The van der Waals surface area contributed by atoms with Gasteiger partial charge in [-0.2, -0.15) is 0 Å². The molecule has 2 aromatic rings. The highest BCUT2D eigenvalue weighted by atomic mass is 35.5. The number of rotatable bonds is 3. The summed E-state index contributed by atoms with van der Waals surface area (Å²) in [6.07, 6.45) is -0.545. The van der Waals surface area contributed by atoms with Gasteiger partial charge >= 0.3 is 6.09 Å². The number of hydrogen-bond acceptors (Lipinski definition) is 3. The van der Waals surface area contributed by atoms with Crippen LogP contribution in [0.15, 0.2) is 54.3 Å². The van der Waals surface area contributed by atoms with Crippen molar-refractivity contribution in [3.63, 3.8) is 0 Å². The SMILES string of the molecule is CC1NC(=O)C(c2cc(-c3ccccc3)ccc2Cl)=C1OC(=O)N(C)C. The van der Waals surface area contributed by atoms with Crippen molar-refractivity contribution in [2.45, 2.75) is 13.0 Å². The Kier molecular flexibility index (Phi) is 5.00. The maximum atomic E-state index is 12.5. The molecule has 2 amide bonds. The van der Waals surface area contributed by atoms with Crippen LogP contribution < -0.4 is 5.32 Å². The number of nitrogens with one attached hydrogen (secondary N) is 1. The molecule has 0 radical (unpaired) electrons. The van der Waals surface area contributed by atoms with E-state index in [0.29, 0.717) is 10.6 Å². The Morgan fingerprint density at radius 1 is 1.12 bits per heavy atom. The zero-order valence-corrected chi connectivity index (χ0v) is 15.5. The second-order valence-electron chi connectivity index (χ2n) is 6.26. The maximum absolute atomic E-state index is 12.5. The first-order valence-electron chi connectivity index (χ1n) is 8.18. The van der Waals surface area contributed by atoms with Gasteiger partial charge in [0, 0.05) is 24.7 Å². The average molecular weight is 371 g/mol. The lowest BCUT2D eigenvalue weighted by molar-refractivity contribution is -0.115. The van der Waals surface area contributed by atoms with E-state index < -0.39 is 12.1 Å². The summed E-state index contributed by atoms with van der Waals surface area (Å²) in [5.41, 5.74) is 2.75. The third kappa shape index (κ3) is 3.44. The summed E-state index contributed by atoms with van der Waals surface area (Å²) >= 11 is 6.38. The molecule has 0 aliphatic carbocycles. The number of halogens is 1. The third-order valence-corrected chi connectivity index (χ3v) is 4.45. The molecule has 0 fully saturated rings. The highest BCUT2D eigenvalue weighted by molar-refractivity contribution is 6.35. The molecular formula is C20H19ClN2O3. The van der Waals surface area contributed by atoms with Gasteiger partial charge in [0.2, 0.25) is 0 Å². The summed E-state index contributed by atoms with van der Waals surface area (Å²) in [6.45, 7) is 1.76. The summed E-state index contributed by atoms with van der Waals surface area (Å²) < 4.78 is 5.45. The Morgan fingerprint density at radius 3 is 2.46 bits per heavy atom. The van der Waals surface area contributed by atoms with Crippen molar-refractivity contribution in [2.24, 2.45) is 0 Å². The Bertz CT molecular complexity index is 891. The van der Waals surface area contributed by atoms with Crippen LogP contribution in [0, 0.1) is 0 Å². The smallest absolute Gasteiger partial charge is 0.412 e. The molecule has 5 nitrogen and oxygen atoms in total. The molecule has 0 aromatic heterocycles. The predicted octanol–water partition coefficient (Wildman–Crippen LogP) is 3.93. The van der Waals surface area contributed by atoms with Gasteiger partial charge in [-0.1, -0.05) is 48.0 Å². The Balaban J connectivity index is 2.11. The fraction of sp³-hybridized carbons (Fsp3) is 0.200. The van der Waals surface area contributed by atoms with E-state index in [1.165, 1.54) is 4.90 Å². The first-order chi connectivity index (χ1) is 12.4. The molecule has 0 saturated heterocycles. The number of hydrogen-bond donors (Lipinski definition) is 1. The van der Waals surface area contributed by atoms with E-state index in [1.807, 2.05) is 42.5 Å². The van der Waals surface area contributed by atoms with Crippen LogP contribution in [0.5, 0.6) is 0 Å². The number of amides is 2. The molecule has 1 aliphatic heterocycles. The van der Waals surface area contributed by atoms with Gasteiger partial charge in [0.15, 0.2) is 0 Å². The maximum Gasteiger partial charge on any atom is 0.414 e. The topological polar surface area (TPSA) is 58.6 Å². The minimum Gasteiger partial charge on any atom is -0.412 e. The molecule has 134 valence electrons. The lowest BCUT2D eigenvalue weighted by atomic mass is 9.98. The van der Waals surface area contributed by atoms with Crippen molar-refractivity contribution in [2.75, 3.05) is 14.1 Å². The van der Waals surface area contributed by atoms with Crippen LogP contribution in [0.1, 0.15) is 12.5 Å². The van der Waals surface area contributed by atoms with Crippen molar-refractivity contribution in [1.29, 1.82) is 0 Å². The first-order valence-corrected chi connectivity index (χ1v) is 8.55. The van der Waals surface area contributed by atoms with E-state index in [2.05, 4.69) is 5.32 Å². The van der Waals surface area contributed by atoms with Crippen LogP contribution >= 0.6 is 11.6 Å². The molecule has 1 aliphatic rings. The van der Waals surface area contributed by atoms with E-state index in [9.17, 15) is 9.59 Å². The van der Waals surface area contributed by atoms with Crippen molar-refractivity contribution < 1.29 is 14.3 Å². The monoisotopic (exact) mass is 370 g/mol. The van der Waals surface area contributed by atoms with Gasteiger partial charge in [0.25, 0.3) is 5.91 Å². The molecule has 2 aromatic carbocycles. The van der Waals surface area contributed by atoms with Crippen LogP contribution in [-0.2, 0) is 9.53 Å². The lowest BCUT2D eigenvalue weighted by Gasteiger charge is -2.15. The summed E-state index contributed by atoms with van der Waals surface area (Å²) in [4.78, 5) is 25.8.